The van der Waals surface area contributed by atoms with Gasteiger partial charge in [-0.25, -0.2) is 4.18 Å². The largest absolute Gasteiger partial charge is 0.397 e. The zero-order valence-electron chi connectivity index (χ0n) is 8.83. The molecule has 1 heterocycles. The topological polar surface area (TPSA) is 70.1 Å². The molecule has 0 aliphatic carbocycles. The van der Waals surface area contributed by atoms with Gasteiger partial charge in [-0.15, -0.1) is 0 Å². The minimum absolute atomic E-state index is 0.0289. The second kappa shape index (κ2) is 6.44. The van der Waals surface area contributed by atoms with Gasteiger partial charge >= 0.3 is 10.4 Å². The van der Waals surface area contributed by atoms with E-state index in [-0.39, 0.29) is 6.61 Å². The predicted octanol–water partition coefficient (Wildman–Crippen LogP) is 0.632. The van der Waals surface area contributed by atoms with E-state index in [0.717, 1.165) is 6.67 Å². The van der Waals surface area contributed by atoms with Crippen LogP contribution in [0.15, 0.2) is 25.2 Å². The molecule has 0 aromatic heterocycles. The van der Waals surface area contributed by atoms with Crippen LogP contribution in [0.1, 0.15) is 6.92 Å². The van der Waals surface area contributed by atoms with Crippen molar-refractivity contribution in [2.45, 2.75) is 6.92 Å². The van der Waals surface area contributed by atoms with Gasteiger partial charge in [-0.05, 0) is 13.1 Å². The first-order valence-corrected chi connectivity index (χ1v) is 5.64. The second-order valence-corrected chi connectivity index (χ2v) is 3.82. The van der Waals surface area contributed by atoms with Gasteiger partial charge < -0.3 is 9.80 Å². The zero-order chi connectivity index (χ0) is 11.9. The van der Waals surface area contributed by atoms with Crippen LogP contribution in [0.4, 0.5) is 0 Å². The van der Waals surface area contributed by atoms with Crippen molar-refractivity contribution >= 4 is 10.4 Å². The summed E-state index contributed by atoms with van der Waals surface area (Å²) >= 11 is 0. The van der Waals surface area contributed by atoms with Crippen molar-refractivity contribution in [3.05, 3.63) is 25.2 Å². The highest BCUT2D eigenvalue weighted by atomic mass is 32.3. The molecule has 1 N–H and O–H groups in total. The summed E-state index contributed by atoms with van der Waals surface area (Å²) in [6.45, 7) is 6.00. The van der Waals surface area contributed by atoms with Crippen LogP contribution < -0.4 is 0 Å². The van der Waals surface area contributed by atoms with Crippen molar-refractivity contribution in [1.29, 1.82) is 0 Å². The van der Waals surface area contributed by atoms with Gasteiger partial charge in [0.2, 0.25) is 0 Å². The van der Waals surface area contributed by atoms with E-state index in [1.54, 1.807) is 6.20 Å². The fourth-order valence-electron chi connectivity index (χ4n) is 0.819. The van der Waals surface area contributed by atoms with Gasteiger partial charge in [-0.2, -0.15) is 8.42 Å². The average Bonchev–Trinajstić information content (AvgIpc) is 2.50. The molecule has 0 radical (unpaired) electrons. The van der Waals surface area contributed by atoms with E-state index in [0.29, 0.717) is 0 Å². The molecular formula is C8H16N2O4S. The molecule has 7 heteroatoms. The standard InChI is InChI=1S/C6H10N2.C2H6O4S/c1-3-8-5-4-7(2)6-8;1-2-6-7(3,4)5/h3-5H,1,6H2,2H3;2H2,1H3,(H,3,4,5). The van der Waals surface area contributed by atoms with Gasteiger partial charge in [0, 0.05) is 19.4 Å². The lowest BCUT2D eigenvalue weighted by molar-refractivity contribution is 0.283. The molecule has 0 atom stereocenters. The normalized spacial score (nSPS) is 14.9. The molecular weight excluding hydrogens is 220 g/mol. The molecule has 0 spiro atoms. The summed E-state index contributed by atoms with van der Waals surface area (Å²) in [5.74, 6) is 0. The van der Waals surface area contributed by atoms with Gasteiger partial charge in [0.15, 0.2) is 0 Å². The third-order valence-electron chi connectivity index (χ3n) is 1.40. The Hall–Kier alpha value is -1.05. The van der Waals surface area contributed by atoms with E-state index in [2.05, 4.69) is 15.7 Å². The lowest BCUT2D eigenvalue weighted by Crippen LogP contribution is -2.16. The van der Waals surface area contributed by atoms with Gasteiger partial charge in [0.05, 0.1) is 13.3 Å². The summed E-state index contributed by atoms with van der Waals surface area (Å²) in [6, 6.07) is 0. The van der Waals surface area contributed by atoms with Gasteiger partial charge in [0.1, 0.15) is 0 Å². The number of hydrogen-bond acceptors (Lipinski definition) is 5. The molecule has 0 aromatic rings. The summed E-state index contributed by atoms with van der Waals surface area (Å²) in [4.78, 5) is 4.10. The summed E-state index contributed by atoms with van der Waals surface area (Å²) in [6.07, 6.45) is 5.81. The van der Waals surface area contributed by atoms with E-state index in [1.165, 1.54) is 6.92 Å². The summed E-state index contributed by atoms with van der Waals surface area (Å²) in [7, 11) is -2.15. The van der Waals surface area contributed by atoms with Gasteiger partial charge in [-0.3, -0.25) is 4.55 Å². The lowest BCUT2D eigenvalue weighted by atomic mass is 10.8. The van der Waals surface area contributed by atoms with Crippen LogP contribution in [-0.4, -0.2) is 43.1 Å². The Morgan fingerprint density at radius 1 is 1.60 bits per heavy atom. The van der Waals surface area contributed by atoms with Gasteiger partial charge in [0.25, 0.3) is 0 Å². The Kier molecular flexibility index (Phi) is 5.99. The van der Waals surface area contributed by atoms with Crippen LogP contribution in [-0.2, 0) is 14.6 Å². The van der Waals surface area contributed by atoms with Crippen molar-refractivity contribution in [1.82, 2.24) is 9.80 Å². The summed E-state index contributed by atoms with van der Waals surface area (Å²) < 4.78 is 30.7. The minimum atomic E-state index is -4.17. The molecule has 6 nitrogen and oxygen atoms in total. The number of hydrogen-bond donors (Lipinski definition) is 1. The molecule has 0 aromatic carbocycles. The summed E-state index contributed by atoms with van der Waals surface area (Å²) in [5, 5.41) is 0. The molecule has 0 amide bonds. The SMILES string of the molecule is C=CN1C=CN(C)C1.CCOS(=O)(=O)O. The van der Waals surface area contributed by atoms with Crippen LogP contribution in [0.5, 0.6) is 0 Å². The lowest BCUT2D eigenvalue weighted by Gasteiger charge is -2.11. The van der Waals surface area contributed by atoms with E-state index in [4.69, 9.17) is 4.55 Å². The molecule has 1 rings (SSSR count). The van der Waals surface area contributed by atoms with Crippen molar-refractivity contribution in [3.63, 3.8) is 0 Å². The molecule has 88 valence electrons. The first-order chi connectivity index (χ1) is 6.89. The molecule has 1 aliphatic heterocycles. The van der Waals surface area contributed by atoms with Crippen molar-refractivity contribution in [2.75, 3.05) is 20.3 Å². The Morgan fingerprint density at radius 2 is 2.20 bits per heavy atom. The summed E-state index contributed by atoms with van der Waals surface area (Å²) in [5.41, 5.74) is 0. The van der Waals surface area contributed by atoms with Crippen molar-refractivity contribution < 1.29 is 17.2 Å². The van der Waals surface area contributed by atoms with Crippen molar-refractivity contribution in [2.24, 2.45) is 0 Å². The van der Waals surface area contributed by atoms with Crippen LogP contribution in [0.2, 0.25) is 0 Å². The van der Waals surface area contributed by atoms with Crippen LogP contribution in [0.3, 0.4) is 0 Å². The average molecular weight is 236 g/mol. The first-order valence-electron chi connectivity index (χ1n) is 4.27. The monoisotopic (exact) mass is 236 g/mol. The number of nitrogens with zero attached hydrogens (tertiary/aromatic N) is 2. The molecule has 0 bridgehead atoms. The van der Waals surface area contributed by atoms with Crippen LogP contribution in [0, 0.1) is 0 Å². The van der Waals surface area contributed by atoms with Crippen molar-refractivity contribution in [3.8, 4) is 0 Å². The Bertz CT molecular complexity index is 313. The Balaban J connectivity index is 0.000000265. The predicted molar refractivity (Wildman–Crippen MR) is 57.0 cm³/mol. The molecule has 0 fully saturated rings. The molecule has 0 saturated carbocycles. The number of rotatable bonds is 3. The van der Waals surface area contributed by atoms with E-state index in [9.17, 15) is 8.42 Å². The Labute approximate surface area is 90.4 Å². The third-order valence-corrected chi connectivity index (χ3v) is 1.93. The van der Waals surface area contributed by atoms with Crippen LogP contribution in [0.25, 0.3) is 0 Å². The fraction of sp³-hybridized carbons (Fsp3) is 0.500. The smallest absolute Gasteiger partial charge is 0.361 e. The Morgan fingerprint density at radius 3 is 2.33 bits per heavy atom. The highest BCUT2D eigenvalue weighted by Crippen LogP contribution is 2.01. The van der Waals surface area contributed by atoms with Gasteiger partial charge in [-0.1, -0.05) is 6.58 Å². The zero-order valence-corrected chi connectivity index (χ0v) is 9.64. The molecule has 1 aliphatic rings. The third kappa shape index (κ3) is 7.98. The quantitative estimate of drug-likeness (QED) is 0.725. The van der Waals surface area contributed by atoms with Crippen LogP contribution >= 0.6 is 0 Å². The maximum atomic E-state index is 9.56. The van der Waals surface area contributed by atoms with E-state index < -0.39 is 10.4 Å². The highest BCUT2D eigenvalue weighted by Gasteiger charge is 2.01. The molecule has 0 saturated heterocycles. The molecule has 15 heavy (non-hydrogen) atoms. The maximum absolute atomic E-state index is 9.56. The van der Waals surface area contributed by atoms with E-state index in [1.807, 2.05) is 24.3 Å². The highest BCUT2D eigenvalue weighted by molar-refractivity contribution is 7.80. The minimum Gasteiger partial charge on any atom is -0.361 e. The second-order valence-electron chi connectivity index (χ2n) is 2.73. The maximum Gasteiger partial charge on any atom is 0.397 e. The fourth-order valence-corrected chi connectivity index (χ4v) is 1.12. The molecule has 0 unspecified atom stereocenters. The first kappa shape index (κ1) is 13.9. The van der Waals surface area contributed by atoms with E-state index >= 15 is 0 Å².